The van der Waals surface area contributed by atoms with Crippen LogP contribution in [0.4, 0.5) is 24.5 Å². The van der Waals surface area contributed by atoms with Gasteiger partial charge in [0.25, 0.3) is 15.7 Å². The Labute approximate surface area is 682 Å². The number of morpholine rings is 1. The third-order valence-electron chi connectivity index (χ3n) is 23.7. The standard InChI is InChI=1S/C86H111ClF3N11O8S4/c1-58(60-18-20-64(21-19-60)79-59(2)91-57-111-79)92-82(105)75-15-12-41-101(75)83(106)80(84(3,4)5)94-77(102)16-10-11-17-78(103)100-43-37-62(38-44-100)61-24-30-68(31-25-61)95-85(6)40-36-73(63-22-28-67(87)29-23-63)66(54-85)55-98-45-47-99(48-46-98)70-32-26-65(27-33-70)81(104)96-112-72-34-35-74(76(53-72)113(107,108)86(88,89)90)93-69(39-42-97-49-51-109-52-50-97)56-110-71-13-8-7-9-14-71/h7-9,13-14,18-23,26-29,32-35,53,57-58,61-62,68-69,75,80,93,95H,10-12,15-17,24-25,30-31,36-52,54-56H2,1-6H3,(H,92,105)(H,94,102)(H,96,104)/t58-,61?,68?,69+,75-,80?,85?/m0/s1. The van der Waals surface area contributed by atoms with E-state index in [1.54, 1.807) is 28.4 Å². The highest BCUT2D eigenvalue weighted by Gasteiger charge is 2.49. The van der Waals surface area contributed by atoms with Gasteiger partial charge in [0.2, 0.25) is 23.6 Å². The number of thiazole rings is 1. The number of benzene rings is 5. The van der Waals surface area contributed by atoms with Gasteiger partial charge in [0.05, 0.1) is 41.0 Å². The van der Waals surface area contributed by atoms with Crippen LogP contribution in [0.25, 0.3) is 16.0 Å². The zero-order valence-electron chi connectivity index (χ0n) is 66.0. The van der Waals surface area contributed by atoms with E-state index in [2.05, 4.69) is 64.7 Å². The van der Waals surface area contributed by atoms with E-state index in [-0.39, 0.29) is 58.3 Å². The van der Waals surface area contributed by atoms with E-state index in [1.807, 2.05) is 124 Å². The number of hydrogen-bond acceptors (Lipinski definition) is 17. The lowest BCUT2D eigenvalue weighted by Gasteiger charge is -2.45. The first kappa shape index (κ1) is 85.4. The van der Waals surface area contributed by atoms with Crippen LogP contribution < -0.4 is 30.9 Å². The zero-order valence-corrected chi connectivity index (χ0v) is 70.0. The van der Waals surface area contributed by atoms with Gasteiger partial charge >= 0.3 is 5.51 Å². The molecule has 4 saturated heterocycles. The molecule has 5 heterocycles. The van der Waals surface area contributed by atoms with Crippen LogP contribution in [0.1, 0.15) is 171 Å². The molecule has 5 atom stereocenters. The number of sulfone groups is 1. The van der Waals surface area contributed by atoms with Crippen LogP contribution in [-0.2, 0) is 33.8 Å². The van der Waals surface area contributed by atoms with Gasteiger partial charge in [-0.3, -0.25) is 38.5 Å². The van der Waals surface area contributed by atoms with Crippen LogP contribution >= 0.6 is 46.6 Å². The normalized spacial score (nSPS) is 21.4. The van der Waals surface area contributed by atoms with Gasteiger partial charge in [-0.1, -0.05) is 92.5 Å². The number of halogens is 4. The first-order valence-corrected chi connectivity index (χ1v) is 44.9. The van der Waals surface area contributed by atoms with Gasteiger partial charge in [-0.2, -0.15) is 13.2 Å². The number of rotatable bonds is 30. The average Bonchev–Trinajstić information content (AvgIpc) is 1.32. The van der Waals surface area contributed by atoms with E-state index in [4.69, 9.17) is 16.3 Å². The Morgan fingerprint density at radius 3 is 2.11 bits per heavy atom. The maximum Gasteiger partial charge on any atom is 0.501 e. The van der Waals surface area contributed by atoms with Crippen molar-refractivity contribution in [3.05, 3.63) is 160 Å². The van der Waals surface area contributed by atoms with Gasteiger partial charge in [0.15, 0.2) is 0 Å². The van der Waals surface area contributed by atoms with Crippen molar-refractivity contribution in [2.45, 2.75) is 200 Å². The van der Waals surface area contributed by atoms with Gasteiger partial charge in [-0.05, 0) is 229 Å². The molecule has 6 aromatic rings. The molecule has 0 bridgehead atoms. The first-order valence-electron chi connectivity index (χ1n) is 40.3. The number of unbranched alkanes of at least 4 members (excludes halogenated alkanes) is 1. The number of thioether (sulfide) groups is 1. The van der Waals surface area contributed by atoms with Crippen LogP contribution in [0.3, 0.4) is 0 Å². The Balaban J connectivity index is 0.566. The Morgan fingerprint density at radius 1 is 0.752 bits per heavy atom. The smallest absolute Gasteiger partial charge is 0.380 e. The number of alkyl halides is 3. The second-order valence-electron chi connectivity index (χ2n) is 32.8. The lowest BCUT2D eigenvalue weighted by atomic mass is 9.72. The first-order chi connectivity index (χ1) is 54.1. The molecule has 2 unspecified atom stereocenters. The number of nitrogens with one attached hydrogen (secondary N) is 5. The van der Waals surface area contributed by atoms with E-state index < -0.39 is 43.6 Å². The molecule has 5 amide bonds. The van der Waals surface area contributed by atoms with Gasteiger partial charge in [-0.15, -0.1) is 23.1 Å². The van der Waals surface area contributed by atoms with E-state index in [0.717, 1.165) is 154 Å². The van der Waals surface area contributed by atoms with Crippen molar-refractivity contribution < 1.29 is 50.3 Å². The molecular weight excluding hydrogens is 1540 g/mol. The maximum atomic E-state index is 14.4. The summed E-state index contributed by atoms with van der Waals surface area (Å²) < 4.78 is 77.8. The quantitative estimate of drug-likeness (QED) is 0.0161. The number of anilines is 2. The minimum atomic E-state index is -5.80. The summed E-state index contributed by atoms with van der Waals surface area (Å²) in [4.78, 5) is 85.3. The molecule has 2 aliphatic carbocycles. The number of carbonyl (C=O) groups is 5. The van der Waals surface area contributed by atoms with E-state index in [1.165, 1.54) is 53.4 Å². The SMILES string of the molecule is Cc1ncsc1-c1ccc([C@H](C)NC(=O)[C@@H]2CCCN2C(=O)C(NC(=O)CCCCC(=O)N2CCC(C3CCC(NC4(C)CCC(c5ccc(Cl)cc5)=C(CN5CCN(c6ccc(C(=O)NSc7ccc(N[C@H](CCN8CCOCC8)CSc8ccccc8)c(S(=O)(=O)C(F)(F)F)c7)cc6)CC5)C4)CC3)CC2)C(C)(C)C)cc1. The maximum absolute atomic E-state index is 14.4. The Kier molecular flexibility index (Phi) is 29.3. The molecule has 0 radical (unpaired) electrons. The molecule has 4 aliphatic heterocycles. The molecule has 19 nitrogen and oxygen atoms in total. The van der Waals surface area contributed by atoms with Crippen molar-refractivity contribution in [1.29, 1.82) is 0 Å². The number of amides is 5. The topological polar surface area (TPSA) is 218 Å². The minimum Gasteiger partial charge on any atom is -0.380 e. The summed E-state index contributed by atoms with van der Waals surface area (Å²) in [6, 6.07) is 35.4. The second-order valence-corrected chi connectivity index (χ2v) is 38.0. The number of allylic oxidation sites excluding steroid dienone is 1. The lowest BCUT2D eigenvalue weighted by molar-refractivity contribution is -0.144. The van der Waals surface area contributed by atoms with Crippen molar-refractivity contribution in [2.24, 2.45) is 17.3 Å². The van der Waals surface area contributed by atoms with Crippen molar-refractivity contribution in [2.75, 3.05) is 101 Å². The summed E-state index contributed by atoms with van der Waals surface area (Å²) in [6.07, 6.45) is 13.0. The fourth-order valence-corrected chi connectivity index (χ4v) is 20.7. The molecule has 1 aromatic heterocycles. The van der Waals surface area contributed by atoms with Gasteiger partial charge < -0.3 is 40.7 Å². The van der Waals surface area contributed by atoms with Gasteiger partial charge in [0, 0.05) is 134 Å². The monoisotopic (exact) mass is 1650 g/mol. The van der Waals surface area contributed by atoms with Crippen molar-refractivity contribution >= 4 is 103 Å². The zero-order chi connectivity index (χ0) is 80.0. The minimum absolute atomic E-state index is 0.0789. The largest absolute Gasteiger partial charge is 0.501 e. The van der Waals surface area contributed by atoms with Crippen molar-refractivity contribution in [3.63, 3.8) is 0 Å². The number of aromatic nitrogens is 1. The predicted octanol–water partition coefficient (Wildman–Crippen LogP) is 15.7. The highest BCUT2D eigenvalue weighted by atomic mass is 35.5. The third kappa shape index (κ3) is 22.8. The fraction of sp³-hybridized carbons (Fsp3) is 0.535. The predicted molar refractivity (Wildman–Crippen MR) is 447 cm³/mol. The third-order valence-corrected chi connectivity index (χ3v) is 28.4. The van der Waals surface area contributed by atoms with Crippen LogP contribution in [-0.4, -0.2) is 189 Å². The van der Waals surface area contributed by atoms with E-state index >= 15 is 0 Å². The summed E-state index contributed by atoms with van der Waals surface area (Å²) in [5, 5.41) is 14.3. The summed E-state index contributed by atoms with van der Waals surface area (Å²) in [5.41, 5.74) is 3.81. The molecule has 5 aromatic carbocycles. The molecule has 5 N–H and O–H groups in total. The Bertz CT molecular complexity index is 4350. The number of nitrogens with zero attached hydrogens (tertiary/aromatic N) is 6. The molecule has 113 heavy (non-hydrogen) atoms. The molecule has 610 valence electrons. The number of ether oxygens (including phenoxy) is 1. The highest BCUT2D eigenvalue weighted by molar-refractivity contribution is 7.99. The Morgan fingerprint density at radius 2 is 1.43 bits per heavy atom. The molecule has 5 fully saturated rings. The number of likely N-dealkylation sites (tertiary alicyclic amines) is 2. The summed E-state index contributed by atoms with van der Waals surface area (Å²) >= 11 is 10.3. The van der Waals surface area contributed by atoms with Gasteiger partial charge in [0.1, 0.15) is 17.0 Å². The van der Waals surface area contributed by atoms with E-state index in [0.29, 0.717) is 99.0 Å². The Hall–Kier alpha value is -7.01. The molecular formula is C86H111ClF3N11O8S4. The van der Waals surface area contributed by atoms with Crippen LogP contribution in [0, 0.1) is 24.2 Å². The van der Waals surface area contributed by atoms with Gasteiger partial charge in [-0.25, -0.2) is 13.4 Å². The average molecular weight is 1650 g/mol. The van der Waals surface area contributed by atoms with Crippen LogP contribution in [0.5, 0.6) is 0 Å². The summed E-state index contributed by atoms with van der Waals surface area (Å²) in [6.45, 7) is 21.4. The number of carbonyl (C=O) groups excluding carboxylic acids is 5. The number of piperidine rings is 1. The van der Waals surface area contributed by atoms with Crippen LogP contribution in [0.2, 0.25) is 5.02 Å². The van der Waals surface area contributed by atoms with Crippen LogP contribution in [0.15, 0.2) is 147 Å². The van der Waals surface area contributed by atoms with Crippen molar-refractivity contribution in [1.82, 2.24) is 45.3 Å². The molecule has 0 spiro atoms. The summed E-state index contributed by atoms with van der Waals surface area (Å²) in [5.74, 6) is 0.662. The van der Waals surface area contributed by atoms with Crippen molar-refractivity contribution in [3.8, 4) is 10.4 Å². The fourth-order valence-electron chi connectivity index (χ4n) is 17.1. The molecule has 1 saturated carbocycles. The highest BCUT2D eigenvalue weighted by Crippen LogP contribution is 2.43. The number of hydrogen-bond donors (Lipinski definition) is 5. The number of piperazine rings is 1. The number of aryl methyl sites for hydroxylation is 1. The van der Waals surface area contributed by atoms with E-state index in [9.17, 15) is 45.6 Å². The lowest BCUT2D eigenvalue weighted by Crippen LogP contribution is -2.57. The summed E-state index contributed by atoms with van der Waals surface area (Å²) in [7, 11) is -5.80. The molecule has 12 rings (SSSR count). The second kappa shape index (κ2) is 38.8. The molecule has 27 heteroatoms. The molecule has 6 aliphatic rings.